The van der Waals surface area contributed by atoms with Crippen LogP contribution in [-0.4, -0.2) is 49.0 Å². The molecule has 1 N–H and O–H groups in total. The van der Waals surface area contributed by atoms with E-state index in [0.29, 0.717) is 12.8 Å². The number of thiophene rings is 1. The van der Waals surface area contributed by atoms with Crippen molar-refractivity contribution < 1.29 is 4.79 Å². The molecular formula is C22H25ClN4OS. The number of carbonyl (C=O) groups excluding carboxylic acids is 1. The van der Waals surface area contributed by atoms with E-state index in [1.165, 1.54) is 16.9 Å². The Morgan fingerprint density at radius 1 is 1.17 bits per heavy atom. The molecule has 1 aliphatic heterocycles. The lowest BCUT2D eigenvalue weighted by Gasteiger charge is -2.33. The zero-order chi connectivity index (χ0) is 20.4. The van der Waals surface area contributed by atoms with Crippen LogP contribution in [-0.2, 0) is 11.2 Å². The Labute approximate surface area is 180 Å². The van der Waals surface area contributed by atoms with E-state index >= 15 is 0 Å². The molecule has 1 amide bonds. The Bertz CT molecular complexity index is 1030. The van der Waals surface area contributed by atoms with Crippen molar-refractivity contribution in [1.82, 2.24) is 9.88 Å². The van der Waals surface area contributed by atoms with Crippen molar-refractivity contribution in [3.05, 3.63) is 51.2 Å². The molecule has 1 aromatic carbocycles. The predicted octanol–water partition coefficient (Wildman–Crippen LogP) is 4.58. The minimum Gasteiger partial charge on any atom is -0.354 e. The second-order valence-corrected chi connectivity index (χ2v) is 9.37. The monoisotopic (exact) mass is 428 g/mol. The van der Waals surface area contributed by atoms with Gasteiger partial charge in [-0.05, 0) is 62.4 Å². The number of piperazine rings is 1. The van der Waals surface area contributed by atoms with Crippen molar-refractivity contribution in [2.75, 3.05) is 43.4 Å². The topological polar surface area (TPSA) is 48.5 Å². The highest BCUT2D eigenvalue weighted by Gasteiger charge is 2.16. The second-order valence-electron chi connectivity index (χ2n) is 7.57. The van der Waals surface area contributed by atoms with E-state index in [2.05, 4.69) is 35.2 Å². The van der Waals surface area contributed by atoms with E-state index < -0.39 is 0 Å². The van der Waals surface area contributed by atoms with Crippen molar-refractivity contribution >= 4 is 51.3 Å². The van der Waals surface area contributed by atoms with Gasteiger partial charge in [-0.15, -0.1) is 11.3 Å². The van der Waals surface area contributed by atoms with Gasteiger partial charge in [0.25, 0.3) is 0 Å². The Balaban J connectivity index is 1.45. The molecule has 1 saturated heterocycles. The number of nitrogens with zero attached hydrogens (tertiary/aromatic N) is 3. The minimum atomic E-state index is 0.00791. The normalized spacial score (nSPS) is 15.1. The molecule has 0 unspecified atom stereocenters. The van der Waals surface area contributed by atoms with Crippen LogP contribution in [0.5, 0.6) is 0 Å². The van der Waals surface area contributed by atoms with Gasteiger partial charge in [-0.3, -0.25) is 4.79 Å². The van der Waals surface area contributed by atoms with E-state index in [4.69, 9.17) is 16.6 Å². The Morgan fingerprint density at radius 2 is 1.97 bits per heavy atom. The predicted molar refractivity (Wildman–Crippen MR) is 122 cm³/mol. The lowest BCUT2D eigenvalue weighted by atomic mass is 10.1. The van der Waals surface area contributed by atoms with Crippen molar-refractivity contribution in [2.24, 2.45) is 0 Å². The third-order valence-electron chi connectivity index (χ3n) is 5.34. The molecule has 0 radical (unpaired) electrons. The van der Waals surface area contributed by atoms with E-state index in [0.717, 1.165) is 57.8 Å². The first kappa shape index (κ1) is 20.1. The summed E-state index contributed by atoms with van der Waals surface area (Å²) < 4.78 is 0.758. The molecule has 152 valence electrons. The van der Waals surface area contributed by atoms with Crippen molar-refractivity contribution in [3.63, 3.8) is 0 Å². The first-order chi connectivity index (χ1) is 14.0. The van der Waals surface area contributed by atoms with Crippen LogP contribution >= 0.6 is 22.9 Å². The molecule has 1 aliphatic rings. The quantitative estimate of drug-likeness (QED) is 0.646. The fourth-order valence-electron chi connectivity index (χ4n) is 3.60. The van der Waals surface area contributed by atoms with Crippen LogP contribution < -0.4 is 10.2 Å². The number of benzene rings is 1. The van der Waals surface area contributed by atoms with Gasteiger partial charge >= 0.3 is 0 Å². The number of aryl methyl sites for hydroxylation is 2. The van der Waals surface area contributed by atoms with Crippen LogP contribution in [0.2, 0.25) is 4.34 Å². The highest BCUT2D eigenvalue weighted by molar-refractivity contribution is 7.16. The summed E-state index contributed by atoms with van der Waals surface area (Å²) in [7, 11) is 2.15. The van der Waals surface area contributed by atoms with E-state index in [9.17, 15) is 4.79 Å². The number of nitrogens with one attached hydrogen (secondary N) is 1. The summed E-state index contributed by atoms with van der Waals surface area (Å²) in [6.45, 7) is 6.22. The standard InChI is InChI=1S/C22H25ClN4OS/c1-15-13-21(27-11-9-26(2)10-12-27)25-19-6-3-16(14-18(15)19)24-22(28)8-5-17-4-7-20(23)29-17/h3-4,6-7,13-14H,5,8-12H2,1-2H3,(H,24,28). The largest absolute Gasteiger partial charge is 0.354 e. The number of rotatable bonds is 5. The maximum Gasteiger partial charge on any atom is 0.224 e. The lowest BCUT2D eigenvalue weighted by Crippen LogP contribution is -2.44. The number of carbonyl (C=O) groups is 1. The van der Waals surface area contributed by atoms with Gasteiger partial charge in [-0.2, -0.15) is 0 Å². The highest BCUT2D eigenvalue weighted by atomic mass is 35.5. The zero-order valence-electron chi connectivity index (χ0n) is 16.7. The molecule has 3 aromatic rings. The summed E-state index contributed by atoms with van der Waals surface area (Å²) >= 11 is 7.47. The highest BCUT2D eigenvalue weighted by Crippen LogP contribution is 2.26. The molecule has 4 rings (SSSR count). The van der Waals surface area contributed by atoms with Gasteiger partial charge < -0.3 is 15.1 Å². The maximum atomic E-state index is 12.3. The molecule has 29 heavy (non-hydrogen) atoms. The van der Waals surface area contributed by atoms with Crippen LogP contribution in [0.15, 0.2) is 36.4 Å². The number of halogens is 1. The number of amides is 1. The fraction of sp³-hybridized carbons (Fsp3) is 0.364. The molecular weight excluding hydrogens is 404 g/mol. The van der Waals surface area contributed by atoms with E-state index in [-0.39, 0.29) is 5.91 Å². The number of hydrogen-bond acceptors (Lipinski definition) is 5. The fourth-order valence-corrected chi connectivity index (χ4v) is 4.69. The molecule has 0 atom stereocenters. The first-order valence-electron chi connectivity index (χ1n) is 9.87. The van der Waals surface area contributed by atoms with Crippen LogP contribution in [0.4, 0.5) is 11.5 Å². The number of pyridine rings is 1. The average molecular weight is 429 g/mol. The molecule has 0 saturated carbocycles. The van der Waals surface area contributed by atoms with Crippen LogP contribution in [0, 0.1) is 6.92 Å². The molecule has 1 fully saturated rings. The summed E-state index contributed by atoms with van der Waals surface area (Å²) in [5, 5.41) is 4.08. The summed E-state index contributed by atoms with van der Waals surface area (Å²) in [5.74, 6) is 1.04. The second kappa shape index (κ2) is 8.69. The minimum absolute atomic E-state index is 0.00791. The third kappa shape index (κ3) is 4.89. The van der Waals surface area contributed by atoms with Crippen molar-refractivity contribution in [3.8, 4) is 0 Å². The van der Waals surface area contributed by atoms with Gasteiger partial charge in [-0.1, -0.05) is 11.6 Å². The Kier molecular flexibility index (Phi) is 6.04. The van der Waals surface area contributed by atoms with Gasteiger partial charge in [0.2, 0.25) is 5.91 Å². The lowest BCUT2D eigenvalue weighted by molar-refractivity contribution is -0.116. The summed E-state index contributed by atoms with van der Waals surface area (Å²) in [6.07, 6.45) is 1.14. The van der Waals surface area contributed by atoms with E-state index in [1.54, 1.807) is 0 Å². The molecule has 0 spiro atoms. The summed E-state index contributed by atoms with van der Waals surface area (Å²) in [6, 6.07) is 11.9. The van der Waals surface area contributed by atoms with Crippen molar-refractivity contribution in [1.29, 1.82) is 0 Å². The van der Waals surface area contributed by atoms with Gasteiger partial charge in [-0.25, -0.2) is 4.98 Å². The number of likely N-dealkylation sites (N-methyl/N-ethyl adjacent to an activating group) is 1. The molecule has 0 bridgehead atoms. The molecule has 0 aliphatic carbocycles. The Hall–Kier alpha value is -2.15. The number of anilines is 2. The van der Waals surface area contributed by atoms with Gasteiger partial charge in [0.05, 0.1) is 9.85 Å². The van der Waals surface area contributed by atoms with E-state index in [1.807, 2.05) is 30.3 Å². The molecule has 3 heterocycles. The Morgan fingerprint density at radius 3 is 2.69 bits per heavy atom. The van der Waals surface area contributed by atoms with Crippen LogP contribution in [0.1, 0.15) is 16.9 Å². The number of hydrogen-bond donors (Lipinski definition) is 1. The van der Waals surface area contributed by atoms with Crippen LogP contribution in [0.25, 0.3) is 10.9 Å². The maximum absolute atomic E-state index is 12.3. The average Bonchev–Trinajstić information content (AvgIpc) is 3.12. The first-order valence-corrected chi connectivity index (χ1v) is 11.1. The number of fused-ring (bicyclic) bond motifs is 1. The summed E-state index contributed by atoms with van der Waals surface area (Å²) in [5.41, 5.74) is 2.95. The summed E-state index contributed by atoms with van der Waals surface area (Å²) in [4.78, 5) is 23.0. The smallest absolute Gasteiger partial charge is 0.224 e. The third-order valence-corrected chi connectivity index (χ3v) is 6.63. The number of aromatic nitrogens is 1. The van der Waals surface area contributed by atoms with Gasteiger partial charge in [0, 0.05) is 48.6 Å². The van der Waals surface area contributed by atoms with Gasteiger partial charge in [0.15, 0.2) is 0 Å². The zero-order valence-corrected chi connectivity index (χ0v) is 18.3. The molecule has 5 nitrogen and oxygen atoms in total. The van der Waals surface area contributed by atoms with Gasteiger partial charge in [0.1, 0.15) is 5.82 Å². The SMILES string of the molecule is Cc1cc(N2CCN(C)CC2)nc2ccc(NC(=O)CCc3ccc(Cl)s3)cc12. The van der Waals surface area contributed by atoms with Crippen molar-refractivity contribution in [2.45, 2.75) is 19.8 Å². The molecule has 7 heteroatoms. The molecule has 2 aromatic heterocycles. The van der Waals surface area contributed by atoms with Crippen LogP contribution in [0.3, 0.4) is 0 Å².